The summed E-state index contributed by atoms with van der Waals surface area (Å²) in [5.74, 6) is -4.81. The molecule has 5 amide bonds. The first-order valence-corrected chi connectivity index (χ1v) is 30.7. The number of allylic oxidation sites excluding steroid dienone is 3. The van der Waals surface area contributed by atoms with Crippen LogP contribution in [0.2, 0.25) is 5.02 Å². The maximum atomic E-state index is 14.5. The molecule has 4 bridgehead atoms. The van der Waals surface area contributed by atoms with Crippen molar-refractivity contribution in [3.8, 4) is 5.75 Å². The minimum Gasteiger partial charge on any atom is -0.495 e. The number of anilines is 1. The van der Waals surface area contributed by atoms with Gasteiger partial charge in [0.05, 0.1) is 50.3 Å². The number of likely N-dealkylation sites (N-methyl/N-ethyl adjacent to an activating group) is 1. The number of rotatable bonds is 25. The minimum atomic E-state index is -1.66. The molecule has 6 rings (SSSR count). The summed E-state index contributed by atoms with van der Waals surface area (Å²) < 4.78 is 35.2. The van der Waals surface area contributed by atoms with Gasteiger partial charge in [0.15, 0.2) is 5.78 Å². The van der Waals surface area contributed by atoms with E-state index in [2.05, 4.69) is 10.6 Å². The van der Waals surface area contributed by atoms with Crippen LogP contribution in [-0.2, 0) is 70.1 Å². The van der Waals surface area contributed by atoms with E-state index in [1.54, 1.807) is 64.2 Å². The summed E-state index contributed by atoms with van der Waals surface area (Å²) >= 11 is 6.87. The van der Waals surface area contributed by atoms with Crippen molar-refractivity contribution in [2.45, 2.75) is 192 Å². The van der Waals surface area contributed by atoms with Crippen molar-refractivity contribution in [2.24, 2.45) is 29.4 Å². The van der Waals surface area contributed by atoms with Crippen molar-refractivity contribution in [3.63, 3.8) is 0 Å². The summed E-state index contributed by atoms with van der Waals surface area (Å²) in [4.78, 5) is 124. The third kappa shape index (κ3) is 18.2. The average molecular weight is 1230 g/mol. The Morgan fingerprint density at radius 1 is 1.00 bits per heavy atom. The van der Waals surface area contributed by atoms with Crippen molar-refractivity contribution < 1.29 is 76.7 Å². The smallest absolute Gasteiger partial charge is 0.328 e. The van der Waals surface area contributed by atoms with Crippen LogP contribution in [-0.4, -0.2) is 152 Å². The molecule has 1 aliphatic carbocycles. The number of benzene rings is 2. The molecule has 0 aromatic heterocycles. The number of halogens is 1. The number of aliphatic hydroxyl groups is 1. The molecule has 3 aliphatic heterocycles. The van der Waals surface area contributed by atoms with E-state index in [1.807, 2.05) is 26.8 Å². The molecule has 0 spiro atoms. The van der Waals surface area contributed by atoms with E-state index >= 15 is 0 Å². The second-order valence-corrected chi connectivity index (χ2v) is 25.0. The van der Waals surface area contributed by atoms with Crippen molar-refractivity contribution in [1.29, 1.82) is 0 Å². The standard InChI is InChI=1S/C65H90ClN5O16/c1-37(2)47(33-46(72)21-13-12-14-27-84-62(79)43-19-16-20-43)59(76)69-48(22-17-26-68-63(67)80)50(73)32-44-24-25-45(29-39(44)4)60(77)70(8)41(6)61(78)86-54-34-55(74)71(9)49-30-42(31-51(82-10)57(49)66)28-38(3)18-15-23-53(83-11)65(81)35-52(85-56(75)36-65)40(5)58-64(54,7)87-58/h15,18,23-25,29-31,37,40-41,43,47-48,52-54,58,81H,12-14,16-17,19-22,26-28,32-36H2,1-11H3,(H,69,76)(H3,67,68,80)/b23-15+,38-18+/t40-,41+,47+,48+,52+,53-,54+,58+,64+,65-/m1/s1. The number of fused-ring (bicyclic) bond motifs is 5. The van der Waals surface area contributed by atoms with Gasteiger partial charge in [-0.15, -0.1) is 0 Å². The van der Waals surface area contributed by atoms with E-state index in [-0.39, 0.29) is 85.0 Å². The van der Waals surface area contributed by atoms with Crippen LogP contribution in [0.25, 0.3) is 0 Å². The highest BCUT2D eigenvalue weighted by Crippen LogP contribution is 2.50. The number of hydrogen-bond donors (Lipinski definition) is 4. The van der Waals surface area contributed by atoms with Crippen LogP contribution in [0.4, 0.5) is 10.5 Å². The van der Waals surface area contributed by atoms with Gasteiger partial charge >= 0.3 is 23.9 Å². The predicted octanol–water partition coefficient (Wildman–Crippen LogP) is 7.57. The van der Waals surface area contributed by atoms with Gasteiger partial charge in [-0.25, -0.2) is 9.59 Å². The molecule has 10 atom stereocenters. The number of primary amides is 1. The Labute approximate surface area is 516 Å². The number of Topliss-reactive ketones (excluding diaryl/α,β-unsaturated/α-hetero) is 2. The van der Waals surface area contributed by atoms with E-state index in [1.165, 1.54) is 44.1 Å². The summed E-state index contributed by atoms with van der Waals surface area (Å²) in [5.41, 5.74) is 5.62. The number of aryl methyl sites for hydroxylation is 1. The molecule has 4 aliphatic rings. The highest BCUT2D eigenvalue weighted by Gasteiger charge is 2.64. The summed E-state index contributed by atoms with van der Waals surface area (Å²) in [7, 11) is 5.89. The van der Waals surface area contributed by atoms with Crippen LogP contribution in [0.15, 0.2) is 54.1 Å². The molecule has 22 heteroatoms. The maximum Gasteiger partial charge on any atom is 0.328 e. The van der Waals surface area contributed by atoms with Crippen LogP contribution in [0.5, 0.6) is 5.75 Å². The number of methoxy groups -OCH3 is 2. The molecule has 3 heterocycles. The molecule has 0 unspecified atom stereocenters. The van der Waals surface area contributed by atoms with Crippen LogP contribution < -0.4 is 26.0 Å². The Balaban J connectivity index is 1.15. The molecule has 478 valence electrons. The summed E-state index contributed by atoms with van der Waals surface area (Å²) in [6.07, 6.45) is 6.44. The number of unbranched alkanes of at least 4 members (excludes halogenated alkanes) is 2. The molecular weight excluding hydrogens is 1140 g/mol. The number of amides is 5. The molecule has 3 fully saturated rings. The maximum absolute atomic E-state index is 14.5. The number of nitrogens with zero attached hydrogens (tertiary/aromatic N) is 2. The number of urea groups is 1. The van der Waals surface area contributed by atoms with Crippen molar-refractivity contribution >= 4 is 70.5 Å². The van der Waals surface area contributed by atoms with Gasteiger partial charge in [0.2, 0.25) is 11.8 Å². The largest absolute Gasteiger partial charge is 0.495 e. The van der Waals surface area contributed by atoms with E-state index in [9.17, 15) is 48.3 Å². The molecule has 5 N–H and O–H groups in total. The first-order chi connectivity index (χ1) is 41.1. The lowest BCUT2D eigenvalue weighted by Crippen LogP contribution is -2.53. The fraction of sp³-hybridized carbons (Fsp3) is 0.615. The average Bonchev–Trinajstić information content (AvgIpc) is 1.64. The fourth-order valence-electron chi connectivity index (χ4n) is 11.6. The minimum absolute atomic E-state index is 0.00689. The molecular formula is C65H90ClN5O16. The Morgan fingerprint density at radius 3 is 2.37 bits per heavy atom. The number of epoxide rings is 1. The van der Waals surface area contributed by atoms with Gasteiger partial charge in [0.25, 0.3) is 5.91 Å². The molecule has 2 aromatic rings. The summed E-state index contributed by atoms with van der Waals surface area (Å²) in [6, 6.07) is 5.34. The Kier molecular flexibility index (Phi) is 24.7. The van der Waals surface area contributed by atoms with Gasteiger partial charge in [-0.05, 0) is 126 Å². The molecule has 1 saturated carbocycles. The predicted molar refractivity (Wildman–Crippen MR) is 325 cm³/mol. The normalized spacial score (nSPS) is 25.2. The van der Waals surface area contributed by atoms with Crippen LogP contribution in [0.3, 0.4) is 0 Å². The third-order valence-corrected chi connectivity index (χ3v) is 18.1. The Hall–Kier alpha value is -6.68. The number of hydrogen-bond acceptors (Lipinski definition) is 16. The lowest BCUT2D eigenvalue weighted by atomic mass is 9.78. The van der Waals surface area contributed by atoms with Gasteiger partial charge in [0.1, 0.15) is 52.1 Å². The number of nitrogens with two attached hydrogens (primary N) is 1. The number of carbonyl (C=O) groups excluding carboxylic acids is 9. The fourth-order valence-corrected chi connectivity index (χ4v) is 11.9. The summed E-state index contributed by atoms with van der Waals surface area (Å²) in [5, 5.41) is 17.6. The van der Waals surface area contributed by atoms with E-state index in [0.29, 0.717) is 61.3 Å². The first-order valence-electron chi connectivity index (χ1n) is 30.3. The van der Waals surface area contributed by atoms with Gasteiger partial charge in [-0.1, -0.05) is 68.7 Å². The number of esters is 3. The first kappa shape index (κ1) is 69.4. The van der Waals surface area contributed by atoms with Crippen molar-refractivity contribution in [3.05, 3.63) is 81.4 Å². The van der Waals surface area contributed by atoms with Crippen molar-refractivity contribution in [1.82, 2.24) is 15.5 Å². The van der Waals surface area contributed by atoms with Crippen LogP contribution >= 0.6 is 11.6 Å². The van der Waals surface area contributed by atoms with Crippen LogP contribution in [0, 0.1) is 30.6 Å². The number of ketones is 2. The molecule has 21 nitrogen and oxygen atoms in total. The Morgan fingerprint density at radius 2 is 1.72 bits per heavy atom. The molecule has 2 saturated heterocycles. The number of carbonyl (C=O) groups is 9. The zero-order valence-corrected chi connectivity index (χ0v) is 53.1. The second-order valence-electron chi connectivity index (χ2n) is 24.6. The van der Waals surface area contributed by atoms with Gasteiger partial charge in [-0.3, -0.25) is 33.6 Å². The number of ether oxygens (including phenoxy) is 6. The monoisotopic (exact) mass is 1230 g/mol. The highest BCUT2D eigenvalue weighted by atomic mass is 35.5. The van der Waals surface area contributed by atoms with E-state index in [0.717, 1.165) is 30.4 Å². The van der Waals surface area contributed by atoms with Gasteiger partial charge in [0, 0.05) is 70.8 Å². The van der Waals surface area contributed by atoms with Gasteiger partial charge in [-0.2, -0.15) is 0 Å². The lowest BCUT2D eigenvalue weighted by molar-refractivity contribution is -0.187. The third-order valence-electron chi connectivity index (χ3n) is 17.7. The van der Waals surface area contributed by atoms with E-state index < -0.39 is 102 Å². The van der Waals surface area contributed by atoms with Gasteiger partial charge < -0.3 is 59.7 Å². The second kappa shape index (κ2) is 31.0. The molecule has 87 heavy (non-hydrogen) atoms. The topological polar surface area (TPSA) is 289 Å². The van der Waals surface area contributed by atoms with Crippen molar-refractivity contribution in [2.75, 3.05) is 46.4 Å². The molecule has 2 aromatic carbocycles. The Bertz CT molecular complexity index is 2930. The zero-order valence-electron chi connectivity index (χ0n) is 52.3. The van der Waals surface area contributed by atoms with E-state index in [4.69, 9.17) is 45.8 Å². The molecule has 0 radical (unpaired) electrons. The zero-order chi connectivity index (χ0) is 64.1. The highest BCUT2D eigenvalue weighted by molar-refractivity contribution is 6.35. The quantitative estimate of drug-likeness (QED) is 0.0323. The lowest BCUT2D eigenvalue weighted by Gasteiger charge is -2.41. The summed E-state index contributed by atoms with van der Waals surface area (Å²) in [6.45, 7) is 12.7. The SMILES string of the molecule is COc1cc2cc(c1Cl)N(C)C(=O)C[C@H](OC(=O)[C@H](C)N(C)C(=O)c1ccc(CC(=O)[C@H](CCCNC(N)=O)NC(=O)[C@@H](CC(=O)CCCCCOC(=O)C3CCC3)C(C)C)c(C)c1)[C@]1(C)O[C@H]1[C@H](C)[C@@H]1C[C@@](O)(CC(=O)O1)[C@H](OC)/C=C/C=C(\C)C2. The number of nitrogens with one attached hydrogen (secondary N) is 2. The van der Waals surface area contributed by atoms with Crippen LogP contribution in [0.1, 0.15) is 152 Å².